The first-order chi connectivity index (χ1) is 9.22. The Hall–Kier alpha value is -0.440. The van der Waals surface area contributed by atoms with Crippen molar-refractivity contribution < 1.29 is 18.3 Å². The van der Waals surface area contributed by atoms with Crippen LogP contribution in [0, 0.1) is 5.92 Å². The molecule has 0 aliphatic carbocycles. The molecule has 2 unspecified atom stereocenters. The Bertz CT molecular complexity index is 556. The van der Waals surface area contributed by atoms with Crippen LogP contribution in [0.25, 0.3) is 0 Å². The number of carbonyl (C=O) groups is 1. The number of rotatable bonds is 8. The number of carboxylic acids is 1. The van der Waals surface area contributed by atoms with Gasteiger partial charge >= 0.3 is 5.97 Å². The van der Waals surface area contributed by atoms with E-state index in [0.717, 1.165) is 15.1 Å². The molecule has 114 valence electrons. The SMILES string of the molecule is CC(CCCC(C)C(=O)O)NS(=O)(=O)c1ccc(Br)s1. The lowest BCUT2D eigenvalue weighted by Crippen LogP contribution is -2.32. The van der Waals surface area contributed by atoms with E-state index in [1.54, 1.807) is 26.0 Å². The molecule has 0 fully saturated rings. The van der Waals surface area contributed by atoms with Crippen molar-refractivity contribution in [3.63, 3.8) is 0 Å². The van der Waals surface area contributed by atoms with Gasteiger partial charge in [-0.15, -0.1) is 11.3 Å². The van der Waals surface area contributed by atoms with Gasteiger partial charge in [-0.2, -0.15) is 0 Å². The van der Waals surface area contributed by atoms with Crippen molar-refractivity contribution in [1.29, 1.82) is 0 Å². The average molecular weight is 384 g/mol. The highest BCUT2D eigenvalue weighted by molar-refractivity contribution is 9.11. The van der Waals surface area contributed by atoms with Crippen molar-refractivity contribution in [2.45, 2.75) is 43.4 Å². The van der Waals surface area contributed by atoms with Gasteiger partial charge in [-0.1, -0.05) is 13.3 Å². The van der Waals surface area contributed by atoms with Gasteiger partial charge < -0.3 is 5.11 Å². The third kappa shape index (κ3) is 5.51. The molecule has 8 heteroatoms. The summed E-state index contributed by atoms with van der Waals surface area (Å²) in [6, 6.07) is 3.02. The summed E-state index contributed by atoms with van der Waals surface area (Å²) in [4.78, 5) is 10.7. The summed E-state index contributed by atoms with van der Waals surface area (Å²) in [6.07, 6.45) is 1.83. The molecular formula is C12H18BrNO4S2. The fourth-order valence-corrected chi connectivity index (χ4v) is 4.98. The van der Waals surface area contributed by atoms with E-state index in [9.17, 15) is 13.2 Å². The molecule has 2 atom stereocenters. The van der Waals surface area contributed by atoms with E-state index in [-0.39, 0.29) is 10.3 Å². The van der Waals surface area contributed by atoms with Gasteiger partial charge in [0, 0.05) is 6.04 Å². The van der Waals surface area contributed by atoms with Crippen LogP contribution >= 0.6 is 27.3 Å². The molecule has 0 aliphatic heterocycles. The zero-order valence-corrected chi connectivity index (χ0v) is 14.5. The van der Waals surface area contributed by atoms with Crippen molar-refractivity contribution >= 4 is 43.3 Å². The van der Waals surface area contributed by atoms with Crippen molar-refractivity contribution in [3.05, 3.63) is 15.9 Å². The lowest BCUT2D eigenvalue weighted by atomic mass is 10.0. The van der Waals surface area contributed by atoms with Gasteiger partial charge in [0.15, 0.2) is 0 Å². The van der Waals surface area contributed by atoms with Gasteiger partial charge in [-0.05, 0) is 47.8 Å². The summed E-state index contributed by atoms with van der Waals surface area (Å²) in [6.45, 7) is 3.44. The lowest BCUT2D eigenvalue weighted by molar-refractivity contribution is -0.141. The molecule has 0 aliphatic rings. The number of aliphatic carboxylic acids is 1. The molecule has 0 radical (unpaired) electrons. The highest BCUT2D eigenvalue weighted by atomic mass is 79.9. The molecular weight excluding hydrogens is 366 g/mol. The summed E-state index contributed by atoms with van der Waals surface area (Å²) in [5.41, 5.74) is 0. The highest BCUT2D eigenvalue weighted by Gasteiger charge is 2.19. The summed E-state index contributed by atoms with van der Waals surface area (Å²) in [5.74, 6) is -1.21. The first-order valence-electron chi connectivity index (χ1n) is 6.23. The van der Waals surface area contributed by atoms with Gasteiger partial charge in [-0.3, -0.25) is 4.79 Å². The van der Waals surface area contributed by atoms with E-state index in [1.165, 1.54) is 0 Å². The fraction of sp³-hybridized carbons (Fsp3) is 0.583. The number of hydrogen-bond acceptors (Lipinski definition) is 4. The largest absolute Gasteiger partial charge is 0.481 e. The molecule has 0 spiro atoms. The normalized spacial score (nSPS) is 14.9. The zero-order valence-electron chi connectivity index (χ0n) is 11.3. The van der Waals surface area contributed by atoms with Gasteiger partial charge in [0.1, 0.15) is 4.21 Å². The minimum Gasteiger partial charge on any atom is -0.481 e. The number of sulfonamides is 1. The standard InChI is InChI=1S/C12H18BrNO4S2/c1-8(12(15)16)4-3-5-9(2)14-20(17,18)11-7-6-10(13)19-11/h6-9,14H,3-5H2,1-2H3,(H,15,16). The van der Waals surface area contributed by atoms with E-state index in [2.05, 4.69) is 20.7 Å². The predicted octanol–water partition coefficient (Wildman–Crippen LogP) is 3.07. The smallest absolute Gasteiger partial charge is 0.306 e. The molecule has 1 heterocycles. The van der Waals surface area contributed by atoms with Crippen LogP contribution in [0.3, 0.4) is 0 Å². The quantitative estimate of drug-likeness (QED) is 0.722. The van der Waals surface area contributed by atoms with Crippen LogP contribution < -0.4 is 4.72 Å². The van der Waals surface area contributed by atoms with Crippen LogP contribution in [0.1, 0.15) is 33.1 Å². The molecule has 2 N–H and O–H groups in total. The Morgan fingerprint density at radius 2 is 2.05 bits per heavy atom. The molecule has 0 amide bonds. The summed E-state index contributed by atoms with van der Waals surface area (Å²) < 4.78 is 27.7. The van der Waals surface area contributed by atoms with E-state index < -0.39 is 21.9 Å². The molecule has 5 nitrogen and oxygen atoms in total. The number of nitrogens with one attached hydrogen (secondary N) is 1. The van der Waals surface area contributed by atoms with Gasteiger partial charge in [0.05, 0.1) is 9.70 Å². The van der Waals surface area contributed by atoms with Crippen LogP contribution in [0.15, 0.2) is 20.1 Å². The Morgan fingerprint density at radius 1 is 1.40 bits per heavy atom. The fourth-order valence-electron chi connectivity index (χ4n) is 1.68. The molecule has 0 aromatic carbocycles. The van der Waals surface area contributed by atoms with Crippen LogP contribution in [0.2, 0.25) is 0 Å². The molecule has 1 rings (SSSR count). The average Bonchev–Trinajstić information content (AvgIpc) is 2.75. The van der Waals surface area contributed by atoms with E-state index in [0.29, 0.717) is 19.3 Å². The van der Waals surface area contributed by atoms with E-state index >= 15 is 0 Å². The maximum absolute atomic E-state index is 12.0. The second kappa shape index (κ2) is 7.53. The Morgan fingerprint density at radius 3 is 2.55 bits per heavy atom. The summed E-state index contributed by atoms with van der Waals surface area (Å²) in [7, 11) is -3.48. The number of hydrogen-bond donors (Lipinski definition) is 2. The molecule has 1 aromatic rings. The number of halogens is 1. The van der Waals surface area contributed by atoms with Crippen LogP contribution in [0.4, 0.5) is 0 Å². The predicted molar refractivity (Wildman–Crippen MR) is 82.5 cm³/mol. The molecule has 0 saturated heterocycles. The highest BCUT2D eigenvalue weighted by Crippen LogP contribution is 2.26. The van der Waals surface area contributed by atoms with E-state index in [1.807, 2.05) is 0 Å². The molecule has 1 aromatic heterocycles. The topological polar surface area (TPSA) is 83.5 Å². The van der Waals surface area contributed by atoms with Gasteiger partial charge in [0.25, 0.3) is 0 Å². The maximum Gasteiger partial charge on any atom is 0.306 e. The first kappa shape index (κ1) is 17.6. The summed E-state index contributed by atoms with van der Waals surface area (Å²) >= 11 is 4.39. The lowest BCUT2D eigenvalue weighted by Gasteiger charge is -2.14. The third-order valence-corrected chi connectivity index (χ3v) is 6.57. The van der Waals surface area contributed by atoms with Crippen molar-refractivity contribution in [3.8, 4) is 0 Å². The maximum atomic E-state index is 12.0. The number of carboxylic acid groups (broad SMARTS) is 1. The second-order valence-electron chi connectivity index (χ2n) is 4.75. The van der Waals surface area contributed by atoms with Crippen LogP contribution in [-0.4, -0.2) is 25.5 Å². The minimum absolute atomic E-state index is 0.220. The second-order valence-corrected chi connectivity index (χ2v) is 9.15. The van der Waals surface area contributed by atoms with Crippen molar-refractivity contribution in [2.24, 2.45) is 5.92 Å². The number of thiophene rings is 1. The first-order valence-corrected chi connectivity index (χ1v) is 9.32. The van der Waals surface area contributed by atoms with Crippen LogP contribution in [0.5, 0.6) is 0 Å². The monoisotopic (exact) mass is 383 g/mol. The summed E-state index contributed by atoms with van der Waals surface area (Å²) in [5, 5.41) is 8.77. The van der Waals surface area contributed by atoms with E-state index in [4.69, 9.17) is 5.11 Å². The van der Waals surface area contributed by atoms with Crippen LogP contribution in [-0.2, 0) is 14.8 Å². The third-order valence-electron chi connectivity index (χ3n) is 2.87. The zero-order chi connectivity index (χ0) is 15.3. The minimum atomic E-state index is -3.48. The Kier molecular flexibility index (Phi) is 6.63. The Balaban J connectivity index is 2.46. The Labute approximate surface area is 131 Å². The van der Waals surface area contributed by atoms with Gasteiger partial charge in [0.2, 0.25) is 10.0 Å². The molecule has 20 heavy (non-hydrogen) atoms. The molecule has 0 saturated carbocycles. The van der Waals surface area contributed by atoms with Crippen molar-refractivity contribution in [2.75, 3.05) is 0 Å². The molecule has 0 bridgehead atoms. The van der Waals surface area contributed by atoms with Gasteiger partial charge in [-0.25, -0.2) is 13.1 Å². The van der Waals surface area contributed by atoms with Crippen molar-refractivity contribution in [1.82, 2.24) is 4.72 Å².